The van der Waals surface area contributed by atoms with E-state index in [0.29, 0.717) is 0 Å². The van der Waals surface area contributed by atoms with Crippen LogP contribution in [0.1, 0.15) is 36.9 Å². The summed E-state index contributed by atoms with van der Waals surface area (Å²) in [5, 5.41) is 6.85. The normalized spacial score (nSPS) is 14.5. The van der Waals surface area contributed by atoms with E-state index in [1.807, 2.05) is 12.1 Å². The molecule has 0 saturated carbocycles. The molecule has 2 N–H and O–H groups in total. The zero-order chi connectivity index (χ0) is 17.3. The van der Waals surface area contributed by atoms with E-state index in [0.717, 1.165) is 50.7 Å². The molecule has 2 aromatic carbocycles. The molecule has 3 rings (SSSR count). The molecule has 1 heterocycles. The van der Waals surface area contributed by atoms with E-state index in [1.165, 1.54) is 11.1 Å². The van der Waals surface area contributed by atoms with Gasteiger partial charge in [0.2, 0.25) is 0 Å². The van der Waals surface area contributed by atoms with Crippen molar-refractivity contribution in [3.05, 3.63) is 65.7 Å². The van der Waals surface area contributed by atoms with Gasteiger partial charge >= 0.3 is 0 Å². The first-order valence-corrected chi connectivity index (χ1v) is 9.16. The Labute approximate surface area is 150 Å². The van der Waals surface area contributed by atoms with Crippen molar-refractivity contribution in [2.45, 2.75) is 32.2 Å². The zero-order valence-corrected chi connectivity index (χ0v) is 14.9. The van der Waals surface area contributed by atoms with Crippen molar-refractivity contribution in [3.63, 3.8) is 0 Å². The summed E-state index contributed by atoms with van der Waals surface area (Å²) in [6.07, 6.45) is 3.12. The van der Waals surface area contributed by atoms with Crippen LogP contribution in [-0.4, -0.2) is 25.7 Å². The standard InChI is InChI=1S/C21H27N3O/c1-2-3-14-25-19-11-7-8-17(15-19)16-20(18-9-5-4-6-10-18)24-21-22-12-13-23-21/h4-11,15,20H,2-3,12-14,16H2,1H3,(H2,22,23,24). The second-order valence-corrected chi connectivity index (χ2v) is 6.32. The number of nitrogens with zero attached hydrogens (tertiary/aromatic N) is 1. The van der Waals surface area contributed by atoms with Crippen LogP contribution in [0.15, 0.2) is 59.6 Å². The third-order valence-electron chi connectivity index (χ3n) is 4.29. The minimum atomic E-state index is 0.177. The van der Waals surface area contributed by atoms with Gasteiger partial charge in [0.1, 0.15) is 5.75 Å². The fourth-order valence-electron chi connectivity index (χ4n) is 2.93. The minimum absolute atomic E-state index is 0.177. The van der Waals surface area contributed by atoms with Gasteiger partial charge in [0.05, 0.1) is 19.2 Å². The fraction of sp³-hybridized carbons (Fsp3) is 0.381. The molecule has 0 bridgehead atoms. The van der Waals surface area contributed by atoms with Crippen LogP contribution >= 0.6 is 0 Å². The highest BCUT2D eigenvalue weighted by Crippen LogP contribution is 2.22. The summed E-state index contributed by atoms with van der Waals surface area (Å²) in [5.74, 6) is 1.85. The maximum atomic E-state index is 5.85. The Bertz CT molecular complexity index is 685. The van der Waals surface area contributed by atoms with Crippen LogP contribution in [0.2, 0.25) is 0 Å². The molecule has 1 aliphatic heterocycles. The van der Waals surface area contributed by atoms with Gasteiger partial charge in [0.25, 0.3) is 0 Å². The Hall–Kier alpha value is -2.49. The summed E-state index contributed by atoms with van der Waals surface area (Å²) in [6, 6.07) is 19.1. The van der Waals surface area contributed by atoms with Crippen LogP contribution < -0.4 is 15.4 Å². The van der Waals surface area contributed by atoms with Gasteiger partial charge in [0.15, 0.2) is 5.96 Å². The SMILES string of the molecule is CCCCOc1cccc(CC(NC2=NCCN2)c2ccccc2)c1. The zero-order valence-electron chi connectivity index (χ0n) is 14.9. The molecule has 0 aliphatic carbocycles. The molecule has 25 heavy (non-hydrogen) atoms. The number of ether oxygens (including phenoxy) is 1. The number of guanidine groups is 1. The highest BCUT2D eigenvalue weighted by atomic mass is 16.5. The average molecular weight is 337 g/mol. The lowest BCUT2D eigenvalue weighted by Crippen LogP contribution is -2.37. The Morgan fingerprint density at radius 3 is 2.80 bits per heavy atom. The topological polar surface area (TPSA) is 45.6 Å². The first-order valence-electron chi connectivity index (χ1n) is 9.16. The van der Waals surface area contributed by atoms with Gasteiger partial charge in [0, 0.05) is 6.54 Å². The molecular weight excluding hydrogens is 310 g/mol. The number of benzene rings is 2. The van der Waals surface area contributed by atoms with Crippen molar-refractivity contribution < 1.29 is 4.74 Å². The second-order valence-electron chi connectivity index (χ2n) is 6.32. The van der Waals surface area contributed by atoms with Crippen LogP contribution in [-0.2, 0) is 6.42 Å². The third-order valence-corrected chi connectivity index (χ3v) is 4.29. The van der Waals surface area contributed by atoms with Crippen molar-refractivity contribution in [2.24, 2.45) is 4.99 Å². The Balaban J connectivity index is 1.72. The summed E-state index contributed by atoms with van der Waals surface area (Å²) in [5.41, 5.74) is 2.52. The van der Waals surface area contributed by atoms with Gasteiger partial charge in [-0.15, -0.1) is 0 Å². The van der Waals surface area contributed by atoms with Crippen LogP contribution in [0.5, 0.6) is 5.75 Å². The molecular formula is C21H27N3O. The molecule has 4 nitrogen and oxygen atoms in total. The summed E-state index contributed by atoms with van der Waals surface area (Å²) >= 11 is 0. The van der Waals surface area contributed by atoms with Crippen molar-refractivity contribution in [2.75, 3.05) is 19.7 Å². The predicted molar refractivity (Wildman–Crippen MR) is 103 cm³/mol. The van der Waals surface area contributed by atoms with Gasteiger partial charge in [-0.1, -0.05) is 55.8 Å². The van der Waals surface area contributed by atoms with Crippen LogP contribution in [0, 0.1) is 0 Å². The van der Waals surface area contributed by atoms with E-state index in [-0.39, 0.29) is 6.04 Å². The Kier molecular flexibility index (Phi) is 6.32. The Morgan fingerprint density at radius 1 is 1.16 bits per heavy atom. The molecule has 0 aromatic heterocycles. The number of nitrogens with one attached hydrogen (secondary N) is 2. The molecule has 0 amide bonds. The summed E-state index contributed by atoms with van der Waals surface area (Å²) < 4.78 is 5.85. The molecule has 1 unspecified atom stereocenters. The second kappa shape index (κ2) is 9.11. The third kappa shape index (κ3) is 5.24. The van der Waals surface area contributed by atoms with Crippen molar-refractivity contribution in [3.8, 4) is 5.75 Å². The van der Waals surface area contributed by atoms with Crippen molar-refractivity contribution in [1.82, 2.24) is 10.6 Å². The van der Waals surface area contributed by atoms with Gasteiger partial charge in [-0.05, 0) is 36.1 Å². The first-order chi connectivity index (χ1) is 12.3. The maximum absolute atomic E-state index is 5.85. The van der Waals surface area contributed by atoms with Gasteiger partial charge in [-0.3, -0.25) is 4.99 Å². The van der Waals surface area contributed by atoms with E-state index in [2.05, 4.69) is 65.0 Å². The van der Waals surface area contributed by atoms with Crippen LogP contribution in [0.4, 0.5) is 0 Å². The quantitative estimate of drug-likeness (QED) is 0.722. The fourth-order valence-corrected chi connectivity index (χ4v) is 2.93. The maximum Gasteiger partial charge on any atom is 0.191 e. The molecule has 132 valence electrons. The van der Waals surface area contributed by atoms with Gasteiger partial charge in [-0.2, -0.15) is 0 Å². The van der Waals surface area contributed by atoms with Crippen molar-refractivity contribution >= 4 is 5.96 Å². The van der Waals surface area contributed by atoms with E-state index < -0.39 is 0 Å². The molecule has 4 heteroatoms. The smallest absolute Gasteiger partial charge is 0.191 e. The minimum Gasteiger partial charge on any atom is -0.494 e. The van der Waals surface area contributed by atoms with E-state index in [1.54, 1.807) is 0 Å². The molecule has 0 radical (unpaired) electrons. The number of hydrogen-bond acceptors (Lipinski definition) is 4. The summed E-state index contributed by atoms with van der Waals surface area (Å²) in [7, 11) is 0. The van der Waals surface area contributed by atoms with Crippen LogP contribution in [0.25, 0.3) is 0 Å². The highest BCUT2D eigenvalue weighted by molar-refractivity contribution is 5.81. The van der Waals surface area contributed by atoms with Gasteiger partial charge in [-0.25, -0.2) is 0 Å². The molecule has 1 atom stereocenters. The monoisotopic (exact) mass is 337 g/mol. The molecule has 1 aliphatic rings. The Morgan fingerprint density at radius 2 is 2.04 bits per heavy atom. The summed E-state index contributed by atoms with van der Waals surface area (Å²) in [4.78, 5) is 4.48. The lowest BCUT2D eigenvalue weighted by molar-refractivity contribution is 0.309. The number of unbranched alkanes of at least 4 members (excludes halogenated alkanes) is 1. The molecule has 0 saturated heterocycles. The largest absolute Gasteiger partial charge is 0.494 e. The average Bonchev–Trinajstić information content (AvgIpc) is 3.16. The summed E-state index contributed by atoms with van der Waals surface area (Å²) in [6.45, 7) is 4.70. The van der Waals surface area contributed by atoms with E-state index in [9.17, 15) is 0 Å². The van der Waals surface area contributed by atoms with Crippen LogP contribution in [0.3, 0.4) is 0 Å². The van der Waals surface area contributed by atoms with Gasteiger partial charge < -0.3 is 15.4 Å². The predicted octanol–water partition coefficient (Wildman–Crippen LogP) is 3.70. The number of hydrogen-bond donors (Lipinski definition) is 2. The molecule has 0 spiro atoms. The number of rotatable bonds is 8. The molecule has 0 fully saturated rings. The molecule has 2 aromatic rings. The lowest BCUT2D eigenvalue weighted by atomic mass is 9.99. The number of aliphatic imine (C=N–C) groups is 1. The highest BCUT2D eigenvalue weighted by Gasteiger charge is 2.16. The van der Waals surface area contributed by atoms with Crippen molar-refractivity contribution in [1.29, 1.82) is 0 Å². The first kappa shape index (κ1) is 17.3. The van der Waals surface area contributed by atoms with E-state index in [4.69, 9.17) is 4.74 Å². The lowest BCUT2D eigenvalue weighted by Gasteiger charge is -2.21. The van der Waals surface area contributed by atoms with E-state index >= 15 is 0 Å².